The lowest BCUT2D eigenvalue weighted by Gasteiger charge is -2.09. The normalized spacial score (nSPS) is 10.4. The molecule has 0 saturated carbocycles. The second-order valence-electron chi connectivity index (χ2n) is 4.22. The van der Waals surface area contributed by atoms with E-state index in [1.807, 2.05) is 0 Å². The summed E-state index contributed by atoms with van der Waals surface area (Å²) in [7, 11) is 0. The molecule has 0 bridgehead atoms. The third-order valence-electron chi connectivity index (χ3n) is 2.60. The predicted molar refractivity (Wildman–Crippen MR) is 85.5 cm³/mol. The van der Waals surface area contributed by atoms with Crippen molar-refractivity contribution in [3.05, 3.63) is 55.6 Å². The number of nitrogen functional groups attached to an aromatic ring is 1. The summed E-state index contributed by atoms with van der Waals surface area (Å²) in [6, 6.07) is 5.46. The number of hydrogen-bond acceptors (Lipinski definition) is 3. The first-order valence-corrected chi connectivity index (χ1v) is 7.36. The molecular weight excluding hydrogens is 409 g/mol. The Morgan fingerprint density at radius 3 is 2.71 bits per heavy atom. The number of carbonyl (C=O) groups is 1. The number of rotatable bonds is 3. The van der Waals surface area contributed by atoms with Crippen LogP contribution in [-0.4, -0.2) is 10.5 Å². The lowest BCUT2D eigenvalue weighted by Crippen LogP contribution is -2.27. The Morgan fingerprint density at radius 2 is 2.05 bits per heavy atom. The van der Waals surface area contributed by atoms with Crippen LogP contribution in [0.1, 0.15) is 0 Å². The molecule has 110 valence electrons. The first-order valence-electron chi connectivity index (χ1n) is 5.77. The molecular formula is C13H10Br2FN3O2. The fourth-order valence-corrected chi connectivity index (χ4v) is 2.92. The van der Waals surface area contributed by atoms with Gasteiger partial charge in [0.1, 0.15) is 12.4 Å². The molecule has 1 amide bonds. The zero-order valence-corrected chi connectivity index (χ0v) is 13.7. The minimum Gasteiger partial charge on any atom is -0.396 e. The van der Waals surface area contributed by atoms with E-state index in [9.17, 15) is 14.0 Å². The van der Waals surface area contributed by atoms with Gasteiger partial charge in [-0.25, -0.2) is 4.39 Å². The first kappa shape index (κ1) is 15.7. The van der Waals surface area contributed by atoms with Gasteiger partial charge >= 0.3 is 0 Å². The Kier molecular flexibility index (Phi) is 4.79. The number of nitrogens with zero attached hydrogens (tertiary/aromatic N) is 1. The zero-order valence-electron chi connectivity index (χ0n) is 10.6. The highest BCUT2D eigenvalue weighted by Gasteiger charge is 2.09. The van der Waals surface area contributed by atoms with Crippen LogP contribution < -0.4 is 16.6 Å². The molecule has 1 aromatic carbocycles. The summed E-state index contributed by atoms with van der Waals surface area (Å²) >= 11 is 6.36. The highest BCUT2D eigenvalue weighted by Crippen LogP contribution is 2.16. The second-order valence-corrected chi connectivity index (χ2v) is 5.99. The summed E-state index contributed by atoms with van der Waals surface area (Å²) in [6.45, 7) is -0.172. The molecule has 0 aliphatic carbocycles. The molecule has 5 nitrogen and oxygen atoms in total. The standard InChI is InChI=1S/C13H10Br2FN3O2/c14-7-3-9(15)13(21)19(5-7)6-12(20)18-8-1-2-10(16)11(17)4-8/h1-5H,6,17H2,(H,18,20). The van der Waals surface area contributed by atoms with Gasteiger partial charge in [0.2, 0.25) is 5.91 Å². The van der Waals surface area contributed by atoms with Gasteiger partial charge < -0.3 is 15.6 Å². The van der Waals surface area contributed by atoms with Crippen molar-refractivity contribution in [1.29, 1.82) is 0 Å². The Labute approximate surface area is 136 Å². The minimum absolute atomic E-state index is 0.0600. The van der Waals surface area contributed by atoms with Crippen LogP contribution in [-0.2, 0) is 11.3 Å². The van der Waals surface area contributed by atoms with Gasteiger partial charge in [-0.2, -0.15) is 0 Å². The van der Waals surface area contributed by atoms with Gasteiger partial charge in [-0.15, -0.1) is 0 Å². The molecule has 0 aliphatic rings. The van der Waals surface area contributed by atoms with Gasteiger partial charge in [0.15, 0.2) is 0 Å². The van der Waals surface area contributed by atoms with E-state index in [2.05, 4.69) is 37.2 Å². The highest BCUT2D eigenvalue weighted by atomic mass is 79.9. The van der Waals surface area contributed by atoms with E-state index >= 15 is 0 Å². The maximum atomic E-state index is 13.0. The number of benzene rings is 1. The Balaban J connectivity index is 2.15. The van der Waals surface area contributed by atoms with E-state index in [-0.39, 0.29) is 17.8 Å². The van der Waals surface area contributed by atoms with Gasteiger partial charge in [-0.3, -0.25) is 9.59 Å². The topological polar surface area (TPSA) is 77.1 Å². The SMILES string of the molecule is Nc1cc(NC(=O)Cn2cc(Br)cc(Br)c2=O)ccc1F. The Hall–Kier alpha value is -1.67. The summed E-state index contributed by atoms with van der Waals surface area (Å²) < 4.78 is 15.3. The molecule has 0 fully saturated rings. The number of halogens is 3. The Morgan fingerprint density at radius 1 is 1.33 bits per heavy atom. The molecule has 1 heterocycles. The summed E-state index contributed by atoms with van der Waals surface area (Å²) in [4.78, 5) is 23.8. The van der Waals surface area contributed by atoms with Crippen molar-refractivity contribution in [2.75, 3.05) is 11.1 Å². The average Bonchev–Trinajstić information content (AvgIpc) is 2.39. The number of anilines is 2. The van der Waals surface area contributed by atoms with Crippen molar-refractivity contribution < 1.29 is 9.18 Å². The summed E-state index contributed by atoms with van der Waals surface area (Å²) in [5.41, 5.74) is 5.39. The van der Waals surface area contributed by atoms with E-state index < -0.39 is 11.7 Å². The monoisotopic (exact) mass is 417 g/mol. The molecule has 0 atom stereocenters. The van der Waals surface area contributed by atoms with E-state index in [0.717, 1.165) is 6.07 Å². The quantitative estimate of drug-likeness (QED) is 0.752. The number of aromatic nitrogens is 1. The van der Waals surface area contributed by atoms with Crippen LogP contribution in [0.5, 0.6) is 0 Å². The molecule has 3 N–H and O–H groups in total. The number of nitrogens with one attached hydrogen (secondary N) is 1. The maximum Gasteiger partial charge on any atom is 0.265 e. The molecule has 2 rings (SSSR count). The number of amides is 1. The van der Waals surface area contributed by atoms with Crippen LogP contribution in [0.25, 0.3) is 0 Å². The molecule has 8 heteroatoms. The summed E-state index contributed by atoms with van der Waals surface area (Å²) in [6.07, 6.45) is 1.51. The molecule has 0 unspecified atom stereocenters. The van der Waals surface area contributed by atoms with Crippen molar-refractivity contribution in [1.82, 2.24) is 4.57 Å². The molecule has 0 spiro atoms. The number of hydrogen-bond donors (Lipinski definition) is 2. The minimum atomic E-state index is -0.555. The molecule has 0 aliphatic heterocycles. The highest BCUT2D eigenvalue weighted by molar-refractivity contribution is 9.11. The smallest absolute Gasteiger partial charge is 0.265 e. The predicted octanol–water partition coefficient (Wildman–Crippen LogP) is 2.73. The van der Waals surface area contributed by atoms with Crippen molar-refractivity contribution in [3.8, 4) is 0 Å². The van der Waals surface area contributed by atoms with Crippen molar-refractivity contribution >= 4 is 49.1 Å². The fraction of sp³-hybridized carbons (Fsp3) is 0.0769. The molecule has 1 aromatic heterocycles. The van der Waals surface area contributed by atoms with Crippen molar-refractivity contribution in [2.45, 2.75) is 6.54 Å². The van der Waals surface area contributed by atoms with Gasteiger partial charge in [-0.1, -0.05) is 0 Å². The van der Waals surface area contributed by atoms with E-state index in [4.69, 9.17) is 5.73 Å². The van der Waals surface area contributed by atoms with Crippen LogP contribution >= 0.6 is 31.9 Å². The zero-order chi connectivity index (χ0) is 15.6. The molecule has 2 aromatic rings. The summed E-state index contributed by atoms with van der Waals surface area (Å²) in [5, 5.41) is 2.55. The van der Waals surface area contributed by atoms with E-state index in [0.29, 0.717) is 14.6 Å². The Bertz CT molecular complexity index is 762. The lowest BCUT2D eigenvalue weighted by atomic mass is 10.2. The fourth-order valence-electron chi connectivity index (χ4n) is 1.66. The van der Waals surface area contributed by atoms with Gasteiger partial charge in [0.05, 0.1) is 10.2 Å². The van der Waals surface area contributed by atoms with Crippen LogP contribution in [0, 0.1) is 5.82 Å². The lowest BCUT2D eigenvalue weighted by molar-refractivity contribution is -0.116. The molecule has 0 saturated heterocycles. The van der Waals surface area contributed by atoms with Gasteiger partial charge in [0, 0.05) is 16.4 Å². The number of pyridine rings is 1. The van der Waals surface area contributed by atoms with Crippen LogP contribution in [0.2, 0.25) is 0 Å². The van der Waals surface area contributed by atoms with Crippen LogP contribution in [0.15, 0.2) is 44.2 Å². The third kappa shape index (κ3) is 3.92. The maximum absolute atomic E-state index is 13.0. The average molecular weight is 419 g/mol. The van der Waals surface area contributed by atoms with Gasteiger partial charge in [-0.05, 0) is 56.1 Å². The van der Waals surface area contributed by atoms with Crippen molar-refractivity contribution in [2.24, 2.45) is 0 Å². The van der Waals surface area contributed by atoms with Crippen LogP contribution in [0.3, 0.4) is 0 Å². The molecule has 21 heavy (non-hydrogen) atoms. The van der Waals surface area contributed by atoms with E-state index in [1.54, 1.807) is 6.07 Å². The molecule has 0 radical (unpaired) electrons. The second kappa shape index (κ2) is 6.40. The van der Waals surface area contributed by atoms with Gasteiger partial charge in [0.25, 0.3) is 5.56 Å². The first-order chi connectivity index (χ1) is 9.86. The third-order valence-corrected chi connectivity index (χ3v) is 3.60. The number of nitrogens with two attached hydrogens (primary N) is 1. The summed E-state index contributed by atoms with van der Waals surface area (Å²) in [5.74, 6) is -0.978. The largest absolute Gasteiger partial charge is 0.396 e. The number of carbonyl (C=O) groups excluding carboxylic acids is 1. The van der Waals surface area contributed by atoms with Crippen LogP contribution in [0.4, 0.5) is 15.8 Å². The van der Waals surface area contributed by atoms with E-state index in [1.165, 1.54) is 22.9 Å². The van der Waals surface area contributed by atoms with Crippen molar-refractivity contribution in [3.63, 3.8) is 0 Å².